The van der Waals surface area contributed by atoms with Gasteiger partial charge in [-0.3, -0.25) is 9.59 Å². The first-order chi connectivity index (χ1) is 14.1. The van der Waals surface area contributed by atoms with E-state index in [2.05, 4.69) is 15.6 Å². The van der Waals surface area contributed by atoms with Gasteiger partial charge in [-0.25, -0.2) is 0 Å². The third kappa shape index (κ3) is 2.16. The molecule has 4 N–H and O–H groups in total. The molecule has 0 radical (unpaired) electrons. The summed E-state index contributed by atoms with van der Waals surface area (Å²) in [4.78, 5) is 31.0. The molecule has 146 valence electrons. The number of H-pyrrole nitrogens is 1. The minimum absolute atomic E-state index is 0.166. The van der Waals surface area contributed by atoms with Gasteiger partial charge in [0.2, 0.25) is 11.8 Å². The first-order valence-electron chi connectivity index (χ1n) is 9.82. The molecule has 3 aliphatic heterocycles. The number of fused-ring (bicyclic) bond motifs is 6. The van der Waals surface area contributed by atoms with E-state index in [-0.39, 0.29) is 18.2 Å². The Hall–Kier alpha value is -3.32. The number of aliphatic hydroxyl groups is 1. The molecule has 2 amide bonds. The summed E-state index contributed by atoms with van der Waals surface area (Å²) in [6, 6.07) is 14.1. The number of para-hydroxylation sites is 2. The quantitative estimate of drug-likeness (QED) is 0.534. The van der Waals surface area contributed by atoms with Crippen LogP contribution in [0.2, 0.25) is 0 Å². The van der Waals surface area contributed by atoms with Crippen molar-refractivity contribution in [3.05, 3.63) is 65.9 Å². The molecule has 4 heterocycles. The number of aromatic nitrogens is 1. The van der Waals surface area contributed by atoms with E-state index < -0.39 is 23.9 Å². The molecule has 4 atom stereocenters. The zero-order valence-corrected chi connectivity index (χ0v) is 15.6. The van der Waals surface area contributed by atoms with Crippen molar-refractivity contribution in [3.8, 4) is 0 Å². The fourth-order valence-corrected chi connectivity index (χ4v) is 5.16. The van der Waals surface area contributed by atoms with Crippen molar-refractivity contribution in [1.82, 2.24) is 15.2 Å². The lowest BCUT2D eigenvalue weighted by Gasteiger charge is -2.37. The number of carbonyl (C=O) groups is 2. The highest BCUT2D eigenvalue weighted by molar-refractivity contribution is 5.99. The van der Waals surface area contributed by atoms with Gasteiger partial charge in [0.25, 0.3) is 0 Å². The summed E-state index contributed by atoms with van der Waals surface area (Å²) in [5.74, 6) is -0.377. The largest absolute Gasteiger partial charge is 0.381 e. The second-order valence-corrected chi connectivity index (χ2v) is 8.11. The van der Waals surface area contributed by atoms with Gasteiger partial charge in [0, 0.05) is 41.2 Å². The molecular formula is C22H20N4O3. The Morgan fingerprint density at radius 3 is 2.76 bits per heavy atom. The lowest BCUT2D eigenvalue weighted by molar-refractivity contribution is -0.149. The van der Waals surface area contributed by atoms with E-state index in [1.807, 2.05) is 54.7 Å². The third-order valence-corrected chi connectivity index (χ3v) is 6.53. The molecule has 0 unspecified atom stereocenters. The molecule has 0 aliphatic carbocycles. The molecule has 6 rings (SSSR count). The van der Waals surface area contributed by atoms with Gasteiger partial charge in [0.05, 0.1) is 0 Å². The van der Waals surface area contributed by atoms with Gasteiger partial charge in [-0.2, -0.15) is 0 Å². The predicted molar refractivity (Wildman–Crippen MR) is 107 cm³/mol. The Morgan fingerprint density at radius 1 is 1.07 bits per heavy atom. The van der Waals surface area contributed by atoms with Crippen LogP contribution in [0.1, 0.15) is 17.5 Å². The Bertz CT molecular complexity index is 1170. The SMILES string of the molecule is O=C1N[C@@H](Cc2c[nH]c3ccccc23)C(=O)N2[C@H]3Nc4ccccc4[C@@]3(O)C[C@@H]12. The van der Waals surface area contributed by atoms with Crippen LogP contribution in [0.15, 0.2) is 54.7 Å². The molecule has 0 spiro atoms. The van der Waals surface area contributed by atoms with Crippen molar-refractivity contribution >= 4 is 28.4 Å². The summed E-state index contributed by atoms with van der Waals surface area (Å²) in [5, 5.41) is 18.6. The number of anilines is 1. The predicted octanol–water partition coefficient (Wildman–Crippen LogP) is 1.45. The molecule has 7 heteroatoms. The number of nitrogens with one attached hydrogen (secondary N) is 3. The fraction of sp³-hybridized carbons (Fsp3) is 0.273. The van der Waals surface area contributed by atoms with Crippen LogP contribution in [-0.4, -0.2) is 45.1 Å². The maximum atomic E-state index is 13.4. The van der Waals surface area contributed by atoms with Crippen molar-refractivity contribution < 1.29 is 14.7 Å². The van der Waals surface area contributed by atoms with Crippen LogP contribution < -0.4 is 10.6 Å². The van der Waals surface area contributed by atoms with Crippen molar-refractivity contribution in [3.63, 3.8) is 0 Å². The Kier molecular flexibility index (Phi) is 3.21. The van der Waals surface area contributed by atoms with Crippen molar-refractivity contribution in [2.45, 2.75) is 36.7 Å². The average molecular weight is 388 g/mol. The first kappa shape index (κ1) is 16.6. The fourth-order valence-electron chi connectivity index (χ4n) is 5.16. The van der Waals surface area contributed by atoms with Gasteiger partial charge in [-0.05, 0) is 17.7 Å². The van der Waals surface area contributed by atoms with Gasteiger partial charge in [-0.15, -0.1) is 0 Å². The smallest absolute Gasteiger partial charge is 0.247 e. The molecule has 29 heavy (non-hydrogen) atoms. The molecule has 0 saturated carbocycles. The van der Waals surface area contributed by atoms with E-state index in [1.165, 1.54) is 0 Å². The lowest BCUT2D eigenvalue weighted by Crippen LogP contribution is -2.64. The summed E-state index contributed by atoms with van der Waals surface area (Å²) in [6.07, 6.45) is 1.85. The first-order valence-corrected chi connectivity index (χ1v) is 9.82. The van der Waals surface area contributed by atoms with Gasteiger partial charge >= 0.3 is 0 Å². The third-order valence-electron chi connectivity index (χ3n) is 6.53. The standard InChI is InChI=1S/C22H20N4O3/c27-19-18-10-22(29)14-6-2-4-8-16(14)25-21(22)26(18)20(28)17(24-19)9-12-11-23-15-7-3-1-5-13(12)15/h1-8,11,17-18,21,23,25,29H,9-10H2,(H,24,27)/t17-,18-,21+,22-/m0/s1. The highest BCUT2D eigenvalue weighted by Crippen LogP contribution is 2.50. The highest BCUT2D eigenvalue weighted by atomic mass is 16.3. The molecule has 2 saturated heterocycles. The number of benzene rings is 2. The van der Waals surface area contributed by atoms with E-state index >= 15 is 0 Å². The van der Waals surface area contributed by atoms with Crippen molar-refractivity contribution in [1.29, 1.82) is 0 Å². The Morgan fingerprint density at radius 2 is 1.86 bits per heavy atom. The summed E-state index contributed by atoms with van der Waals surface area (Å²) in [5.41, 5.74) is 2.27. The molecule has 7 nitrogen and oxygen atoms in total. The summed E-state index contributed by atoms with van der Waals surface area (Å²) in [6.45, 7) is 0. The molecule has 3 aliphatic rings. The summed E-state index contributed by atoms with van der Waals surface area (Å²) >= 11 is 0. The van der Waals surface area contributed by atoms with Crippen molar-refractivity contribution in [2.24, 2.45) is 0 Å². The van der Waals surface area contributed by atoms with E-state index in [1.54, 1.807) is 4.90 Å². The maximum absolute atomic E-state index is 13.4. The second kappa shape index (κ2) is 5.61. The van der Waals surface area contributed by atoms with Gasteiger partial charge in [0.1, 0.15) is 23.9 Å². The minimum atomic E-state index is -1.26. The second-order valence-electron chi connectivity index (χ2n) is 8.11. The molecule has 0 bridgehead atoms. The van der Waals surface area contributed by atoms with Crippen LogP contribution >= 0.6 is 0 Å². The van der Waals surface area contributed by atoms with Crippen molar-refractivity contribution in [2.75, 3.05) is 5.32 Å². The van der Waals surface area contributed by atoms with Gasteiger partial charge < -0.3 is 25.6 Å². The highest BCUT2D eigenvalue weighted by Gasteiger charge is 2.62. The molecule has 3 aromatic rings. The van der Waals surface area contributed by atoms with Gasteiger partial charge in [-0.1, -0.05) is 36.4 Å². The van der Waals surface area contributed by atoms with Crippen LogP contribution in [-0.2, 0) is 21.6 Å². The molecule has 2 fully saturated rings. The number of aromatic amines is 1. The number of piperazine rings is 1. The van der Waals surface area contributed by atoms with Crippen LogP contribution in [0.3, 0.4) is 0 Å². The van der Waals surface area contributed by atoms with E-state index in [0.29, 0.717) is 6.42 Å². The number of rotatable bonds is 2. The molecule has 2 aromatic carbocycles. The topological polar surface area (TPSA) is 97.5 Å². The van der Waals surface area contributed by atoms with Crippen LogP contribution in [0, 0.1) is 0 Å². The molecule has 1 aromatic heterocycles. The maximum Gasteiger partial charge on any atom is 0.247 e. The van der Waals surface area contributed by atoms with Gasteiger partial charge in [0.15, 0.2) is 0 Å². The van der Waals surface area contributed by atoms with Crippen LogP contribution in [0.5, 0.6) is 0 Å². The molecular weight excluding hydrogens is 368 g/mol. The normalized spacial score (nSPS) is 30.0. The monoisotopic (exact) mass is 388 g/mol. The van der Waals surface area contributed by atoms with E-state index in [9.17, 15) is 14.7 Å². The number of nitrogens with zero attached hydrogens (tertiary/aromatic N) is 1. The summed E-state index contributed by atoms with van der Waals surface area (Å²) in [7, 11) is 0. The lowest BCUT2D eigenvalue weighted by atomic mass is 9.91. The van der Waals surface area contributed by atoms with Crippen LogP contribution in [0.25, 0.3) is 10.9 Å². The zero-order valence-electron chi connectivity index (χ0n) is 15.6. The number of hydrogen-bond acceptors (Lipinski definition) is 4. The Labute approximate surface area is 166 Å². The number of hydrogen-bond donors (Lipinski definition) is 4. The Balaban J connectivity index is 1.34. The minimum Gasteiger partial charge on any atom is -0.381 e. The van der Waals surface area contributed by atoms with E-state index in [4.69, 9.17) is 0 Å². The van der Waals surface area contributed by atoms with Crippen LogP contribution in [0.4, 0.5) is 5.69 Å². The number of amides is 2. The summed E-state index contributed by atoms with van der Waals surface area (Å²) < 4.78 is 0. The average Bonchev–Trinajstić information content (AvgIpc) is 3.35. The number of carbonyl (C=O) groups excluding carboxylic acids is 2. The zero-order chi connectivity index (χ0) is 19.8. The van der Waals surface area contributed by atoms with E-state index in [0.717, 1.165) is 27.7 Å².